The molecule has 0 aliphatic carbocycles. The summed E-state index contributed by atoms with van der Waals surface area (Å²) in [5.74, 6) is 0.557. The number of anilines is 2. The van der Waals surface area contributed by atoms with Crippen LogP contribution in [0.15, 0.2) is 30.3 Å². The van der Waals surface area contributed by atoms with Crippen LogP contribution in [0.1, 0.15) is 39.9 Å². The van der Waals surface area contributed by atoms with Gasteiger partial charge in [0.15, 0.2) is 0 Å². The van der Waals surface area contributed by atoms with Crippen molar-refractivity contribution in [3.8, 4) is 5.75 Å². The zero-order chi connectivity index (χ0) is 18.8. The molecule has 0 unspecified atom stereocenters. The molecule has 1 fully saturated rings. The Hall–Kier alpha value is -2.82. The van der Waals surface area contributed by atoms with E-state index in [-0.39, 0.29) is 11.8 Å². The summed E-state index contributed by atoms with van der Waals surface area (Å²) >= 11 is 0. The number of ether oxygens (including phenoxy) is 1. The molecular weight excluding hydrogens is 328 g/mol. The number of aryl methyl sites for hydroxylation is 3. The van der Waals surface area contributed by atoms with Crippen LogP contribution in [0.25, 0.3) is 0 Å². The highest BCUT2D eigenvalue weighted by atomic mass is 16.5. The van der Waals surface area contributed by atoms with E-state index in [9.17, 15) is 9.59 Å². The monoisotopic (exact) mass is 352 g/mol. The smallest absolute Gasteiger partial charge is 0.256 e. The summed E-state index contributed by atoms with van der Waals surface area (Å²) in [6.07, 6.45) is 1.38. The van der Waals surface area contributed by atoms with E-state index in [2.05, 4.69) is 5.32 Å². The fourth-order valence-corrected chi connectivity index (χ4v) is 3.61. The average Bonchev–Trinajstić information content (AvgIpc) is 2.99. The van der Waals surface area contributed by atoms with Crippen molar-refractivity contribution in [2.24, 2.45) is 0 Å². The Morgan fingerprint density at radius 1 is 1.12 bits per heavy atom. The second kappa shape index (κ2) is 7.20. The third-order valence-electron chi connectivity index (χ3n) is 4.71. The SMILES string of the molecule is COc1ccc(NC(=O)c2c(C)cc(C)cc2C)cc1N1CCCC1=O. The van der Waals surface area contributed by atoms with Gasteiger partial charge in [-0.05, 0) is 56.5 Å². The lowest BCUT2D eigenvalue weighted by molar-refractivity contribution is -0.117. The Balaban J connectivity index is 1.91. The van der Waals surface area contributed by atoms with E-state index in [0.29, 0.717) is 35.7 Å². The van der Waals surface area contributed by atoms with Crippen LogP contribution in [0.3, 0.4) is 0 Å². The highest BCUT2D eigenvalue weighted by Gasteiger charge is 2.25. The largest absolute Gasteiger partial charge is 0.495 e. The quantitative estimate of drug-likeness (QED) is 0.905. The average molecular weight is 352 g/mol. The Morgan fingerprint density at radius 3 is 2.38 bits per heavy atom. The number of benzene rings is 2. The van der Waals surface area contributed by atoms with Crippen molar-refractivity contribution in [3.63, 3.8) is 0 Å². The molecule has 136 valence electrons. The number of carbonyl (C=O) groups excluding carboxylic acids is 2. The first kappa shape index (κ1) is 18.0. The second-order valence-electron chi connectivity index (χ2n) is 6.76. The molecule has 0 aromatic heterocycles. The summed E-state index contributed by atoms with van der Waals surface area (Å²) in [6.45, 7) is 6.57. The van der Waals surface area contributed by atoms with E-state index >= 15 is 0 Å². The van der Waals surface area contributed by atoms with Gasteiger partial charge in [0, 0.05) is 24.2 Å². The van der Waals surface area contributed by atoms with Gasteiger partial charge in [0.05, 0.1) is 12.8 Å². The third-order valence-corrected chi connectivity index (χ3v) is 4.71. The first-order valence-electron chi connectivity index (χ1n) is 8.78. The Morgan fingerprint density at radius 2 is 1.81 bits per heavy atom. The lowest BCUT2D eigenvalue weighted by atomic mass is 9.99. The highest BCUT2D eigenvalue weighted by Crippen LogP contribution is 2.34. The standard InChI is InChI=1S/C21H24N2O3/c1-13-10-14(2)20(15(3)11-13)21(25)22-16-7-8-18(26-4)17(12-16)23-9-5-6-19(23)24/h7-8,10-12H,5-6,9H2,1-4H3,(H,22,25). The maximum absolute atomic E-state index is 12.8. The molecule has 1 aliphatic heterocycles. The summed E-state index contributed by atoms with van der Waals surface area (Å²) in [6, 6.07) is 9.39. The van der Waals surface area contributed by atoms with Crippen molar-refractivity contribution in [2.45, 2.75) is 33.6 Å². The number of hydrogen-bond donors (Lipinski definition) is 1. The Labute approximate surface area is 154 Å². The molecule has 1 heterocycles. The number of nitrogens with zero attached hydrogens (tertiary/aromatic N) is 1. The van der Waals surface area contributed by atoms with Crippen molar-refractivity contribution < 1.29 is 14.3 Å². The van der Waals surface area contributed by atoms with Crippen molar-refractivity contribution >= 4 is 23.2 Å². The van der Waals surface area contributed by atoms with E-state index in [1.165, 1.54) is 0 Å². The van der Waals surface area contributed by atoms with Crippen molar-refractivity contribution in [1.82, 2.24) is 0 Å². The highest BCUT2D eigenvalue weighted by molar-refractivity contribution is 6.07. The summed E-state index contributed by atoms with van der Waals surface area (Å²) in [5.41, 5.74) is 5.06. The fourth-order valence-electron chi connectivity index (χ4n) is 3.61. The van der Waals surface area contributed by atoms with Gasteiger partial charge in [-0.1, -0.05) is 17.7 Å². The van der Waals surface area contributed by atoms with Gasteiger partial charge in [-0.15, -0.1) is 0 Å². The summed E-state index contributed by atoms with van der Waals surface area (Å²) in [7, 11) is 1.58. The third kappa shape index (κ3) is 3.43. The van der Waals surface area contributed by atoms with E-state index in [1.54, 1.807) is 30.2 Å². The van der Waals surface area contributed by atoms with E-state index in [1.807, 2.05) is 32.9 Å². The number of rotatable bonds is 4. The molecule has 0 atom stereocenters. The number of nitrogens with one attached hydrogen (secondary N) is 1. The topological polar surface area (TPSA) is 58.6 Å². The summed E-state index contributed by atoms with van der Waals surface area (Å²) in [5, 5.41) is 2.96. The lowest BCUT2D eigenvalue weighted by Crippen LogP contribution is -2.24. The van der Waals surface area contributed by atoms with Crippen molar-refractivity contribution in [1.29, 1.82) is 0 Å². The minimum atomic E-state index is -0.149. The minimum Gasteiger partial charge on any atom is -0.495 e. The molecule has 0 radical (unpaired) electrons. The predicted octanol–water partition coefficient (Wildman–Crippen LogP) is 4.00. The molecule has 1 aliphatic rings. The molecule has 2 aromatic rings. The zero-order valence-corrected chi connectivity index (χ0v) is 15.7. The van der Waals surface area contributed by atoms with Crippen molar-refractivity contribution in [2.75, 3.05) is 23.9 Å². The normalized spacial score (nSPS) is 13.8. The zero-order valence-electron chi connectivity index (χ0n) is 15.7. The number of carbonyl (C=O) groups is 2. The molecule has 1 N–H and O–H groups in total. The van der Waals surface area contributed by atoms with Crippen LogP contribution < -0.4 is 15.0 Å². The molecule has 2 amide bonds. The van der Waals surface area contributed by atoms with Gasteiger partial charge in [-0.2, -0.15) is 0 Å². The lowest BCUT2D eigenvalue weighted by Gasteiger charge is -2.20. The van der Waals surface area contributed by atoms with Gasteiger partial charge in [-0.3, -0.25) is 9.59 Å². The first-order chi connectivity index (χ1) is 12.4. The van der Waals surface area contributed by atoms with Gasteiger partial charge in [0.2, 0.25) is 5.91 Å². The minimum absolute atomic E-state index is 0.0806. The van der Waals surface area contributed by atoms with Crippen LogP contribution in [0.4, 0.5) is 11.4 Å². The number of amides is 2. The molecule has 3 rings (SSSR count). The van der Waals surface area contributed by atoms with Crippen LogP contribution >= 0.6 is 0 Å². The molecule has 2 aromatic carbocycles. The van der Waals surface area contributed by atoms with Gasteiger partial charge in [-0.25, -0.2) is 0 Å². The van der Waals surface area contributed by atoms with E-state index < -0.39 is 0 Å². The second-order valence-corrected chi connectivity index (χ2v) is 6.76. The molecule has 5 nitrogen and oxygen atoms in total. The molecule has 0 bridgehead atoms. The Bertz CT molecular complexity index is 851. The van der Waals surface area contributed by atoms with Gasteiger partial charge >= 0.3 is 0 Å². The van der Waals surface area contributed by atoms with E-state index in [4.69, 9.17) is 4.74 Å². The first-order valence-corrected chi connectivity index (χ1v) is 8.78. The molecule has 0 spiro atoms. The van der Waals surface area contributed by atoms with Gasteiger partial charge in [0.25, 0.3) is 5.91 Å². The van der Waals surface area contributed by atoms with Crippen molar-refractivity contribution in [3.05, 3.63) is 52.6 Å². The molecule has 0 saturated carbocycles. The molecule has 1 saturated heterocycles. The fraction of sp³-hybridized carbons (Fsp3) is 0.333. The van der Waals surface area contributed by atoms with E-state index in [0.717, 1.165) is 23.1 Å². The molecule has 5 heteroatoms. The molecular formula is C21H24N2O3. The van der Waals surface area contributed by atoms with Crippen LogP contribution in [-0.2, 0) is 4.79 Å². The van der Waals surface area contributed by atoms with Crippen LogP contribution in [0, 0.1) is 20.8 Å². The van der Waals surface area contributed by atoms with Gasteiger partial charge < -0.3 is 15.0 Å². The number of methoxy groups -OCH3 is 1. The predicted molar refractivity (Wildman–Crippen MR) is 103 cm³/mol. The summed E-state index contributed by atoms with van der Waals surface area (Å²) in [4.78, 5) is 26.6. The van der Waals surface area contributed by atoms with Crippen LogP contribution in [0.2, 0.25) is 0 Å². The number of hydrogen-bond acceptors (Lipinski definition) is 3. The van der Waals surface area contributed by atoms with Crippen LogP contribution in [0.5, 0.6) is 5.75 Å². The Kier molecular flexibility index (Phi) is 4.98. The molecule has 26 heavy (non-hydrogen) atoms. The van der Waals surface area contributed by atoms with Crippen LogP contribution in [-0.4, -0.2) is 25.5 Å². The maximum Gasteiger partial charge on any atom is 0.256 e. The maximum atomic E-state index is 12.8. The summed E-state index contributed by atoms with van der Waals surface area (Å²) < 4.78 is 5.40. The van der Waals surface area contributed by atoms with Gasteiger partial charge in [0.1, 0.15) is 5.75 Å².